The monoisotopic (exact) mass is 460 g/mol. The van der Waals surface area contributed by atoms with Crippen molar-refractivity contribution in [3.05, 3.63) is 47.0 Å². The Balaban J connectivity index is 0.00000208. The van der Waals surface area contributed by atoms with Crippen molar-refractivity contribution in [2.24, 2.45) is 12.0 Å². The fraction of sp³-hybridized carbons (Fsp3) is 0.438. The van der Waals surface area contributed by atoms with Gasteiger partial charge in [-0.05, 0) is 23.6 Å². The zero-order valence-corrected chi connectivity index (χ0v) is 16.9. The van der Waals surface area contributed by atoms with Crippen molar-refractivity contribution >= 4 is 41.5 Å². The summed E-state index contributed by atoms with van der Waals surface area (Å²) in [5.41, 5.74) is 2.38. The largest absolute Gasteiger partial charge is 0.352 e. The predicted octanol–water partition coefficient (Wildman–Crippen LogP) is 2.65. The van der Waals surface area contributed by atoms with Crippen LogP contribution in [0.25, 0.3) is 0 Å². The number of rotatable bonds is 3. The molecule has 2 aromatic heterocycles. The maximum atomic E-state index is 5.81. The van der Waals surface area contributed by atoms with Gasteiger partial charge in [-0.2, -0.15) is 5.10 Å². The highest BCUT2D eigenvalue weighted by Crippen LogP contribution is 2.26. The Morgan fingerprint density at radius 2 is 2.25 bits per heavy atom. The number of nitrogens with zero attached hydrogens (tertiary/aromatic N) is 5. The molecule has 0 amide bonds. The van der Waals surface area contributed by atoms with Gasteiger partial charge >= 0.3 is 0 Å². The van der Waals surface area contributed by atoms with Crippen molar-refractivity contribution in [3.63, 3.8) is 0 Å². The third-order valence-electron chi connectivity index (χ3n) is 4.14. The lowest BCUT2D eigenvalue weighted by Crippen LogP contribution is -2.39. The molecule has 8 heteroatoms. The van der Waals surface area contributed by atoms with Crippen molar-refractivity contribution in [1.82, 2.24) is 25.0 Å². The normalized spacial score (nSPS) is 17.7. The minimum absolute atomic E-state index is 0. The summed E-state index contributed by atoms with van der Waals surface area (Å²) in [6, 6.07) is 3.77. The number of pyridine rings is 1. The average Bonchev–Trinajstić information content (AvgIpc) is 3.19. The minimum Gasteiger partial charge on any atom is -0.352 e. The molecule has 0 spiro atoms. The zero-order valence-electron chi connectivity index (χ0n) is 13.8. The maximum absolute atomic E-state index is 5.81. The summed E-state index contributed by atoms with van der Waals surface area (Å²) in [6.07, 6.45) is 6.97. The quantitative estimate of drug-likeness (QED) is 0.331. The molecular formula is C16H22ClIN6. The third kappa shape index (κ3) is 4.60. The number of guanidine groups is 1. The summed E-state index contributed by atoms with van der Waals surface area (Å²) in [4.78, 5) is 10.8. The first-order valence-electron chi connectivity index (χ1n) is 7.70. The molecule has 0 radical (unpaired) electrons. The lowest BCUT2D eigenvalue weighted by molar-refractivity contribution is 0.485. The van der Waals surface area contributed by atoms with E-state index in [4.69, 9.17) is 11.6 Å². The van der Waals surface area contributed by atoms with Gasteiger partial charge in [-0.3, -0.25) is 9.67 Å². The molecule has 1 aliphatic heterocycles. The van der Waals surface area contributed by atoms with E-state index < -0.39 is 0 Å². The Morgan fingerprint density at radius 3 is 2.88 bits per heavy atom. The molecule has 130 valence electrons. The molecule has 1 N–H and O–H groups in total. The topological polar surface area (TPSA) is 58.3 Å². The van der Waals surface area contributed by atoms with Crippen LogP contribution in [0.15, 0.2) is 35.7 Å². The molecule has 24 heavy (non-hydrogen) atoms. The second-order valence-electron chi connectivity index (χ2n) is 5.77. The number of likely N-dealkylation sites (tertiary alicyclic amines) is 1. The van der Waals surface area contributed by atoms with Gasteiger partial charge in [-0.15, -0.1) is 24.0 Å². The smallest absolute Gasteiger partial charge is 0.193 e. The number of halogens is 2. The Morgan fingerprint density at radius 1 is 1.42 bits per heavy atom. The minimum atomic E-state index is 0. The first-order valence-corrected chi connectivity index (χ1v) is 8.08. The molecule has 0 saturated carbocycles. The van der Waals surface area contributed by atoms with Crippen LogP contribution >= 0.6 is 35.6 Å². The molecule has 1 aliphatic rings. The van der Waals surface area contributed by atoms with Gasteiger partial charge in [0.05, 0.1) is 6.20 Å². The molecule has 1 unspecified atom stereocenters. The highest BCUT2D eigenvalue weighted by Gasteiger charge is 2.26. The van der Waals surface area contributed by atoms with E-state index in [1.165, 1.54) is 5.56 Å². The Labute approximate surface area is 164 Å². The number of nitrogens with one attached hydrogen (secondary N) is 1. The molecular weight excluding hydrogens is 439 g/mol. The van der Waals surface area contributed by atoms with Gasteiger partial charge in [0.1, 0.15) is 5.15 Å². The van der Waals surface area contributed by atoms with E-state index in [9.17, 15) is 0 Å². The van der Waals surface area contributed by atoms with E-state index in [0.717, 1.165) is 31.0 Å². The fourth-order valence-electron chi connectivity index (χ4n) is 2.90. The van der Waals surface area contributed by atoms with Crippen LogP contribution in [0, 0.1) is 0 Å². The Hall–Kier alpha value is -1.35. The molecule has 2 aromatic rings. The highest BCUT2D eigenvalue weighted by molar-refractivity contribution is 14.0. The van der Waals surface area contributed by atoms with E-state index in [0.29, 0.717) is 17.6 Å². The maximum Gasteiger partial charge on any atom is 0.193 e. The summed E-state index contributed by atoms with van der Waals surface area (Å²) in [5.74, 6) is 1.44. The van der Waals surface area contributed by atoms with Crippen molar-refractivity contribution in [1.29, 1.82) is 0 Å². The third-order valence-corrected chi connectivity index (χ3v) is 4.36. The predicted molar refractivity (Wildman–Crippen MR) is 107 cm³/mol. The number of aromatic nitrogens is 3. The van der Waals surface area contributed by atoms with Crippen LogP contribution in [0.4, 0.5) is 0 Å². The lowest BCUT2D eigenvalue weighted by atomic mass is 10.0. The molecule has 0 aliphatic carbocycles. The Kier molecular flexibility index (Phi) is 6.85. The number of aryl methyl sites for hydroxylation is 1. The first-order chi connectivity index (χ1) is 11.2. The van der Waals surface area contributed by atoms with Crippen LogP contribution in [0.1, 0.15) is 23.5 Å². The molecule has 0 aromatic carbocycles. The molecule has 1 fully saturated rings. The van der Waals surface area contributed by atoms with Gasteiger partial charge in [0.15, 0.2) is 5.96 Å². The van der Waals surface area contributed by atoms with Gasteiger partial charge in [0.2, 0.25) is 0 Å². The van der Waals surface area contributed by atoms with E-state index in [1.807, 2.05) is 31.0 Å². The number of aliphatic imine (C=N–C) groups is 1. The number of hydrogen-bond donors (Lipinski definition) is 1. The van der Waals surface area contributed by atoms with Crippen LogP contribution in [-0.4, -0.2) is 45.8 Å². The molecule has 1 atom stereocenters. The van der Waals surface area contributed by atoms with Crippen molar-refractivity contribution in [2.45, 2.75) is 18.9 Å². The Bertz CT molecular complexity index is 684. The van der Waals surface area contributed by atoms with Crippen LogP contribution in [0.2, 0.25) is 5.15 Å². The molecule has 3 heterocycles. The van der Waals surface area contributed by atoms with Gasteiger partial charge in [-0.25, -0.2) is 4.98 Å². The molecule has 6 nitrogen and oxygen atoms in total. The van der Waals surface area contributed by atoms with Crippen LogP contribution in [0.3, 0.4) is 0 Å². The number of hydrogen-bond acceptors (Lipinski definition) is 3. The van der Waals surface area contributed by atoms with Crippen LogP contribution in [-0.2, 0) is 13.6 Å². The van der Waals surface area contributed by atoms with Gasteiger partial charge in [-0.1, -0.05) is 17.7 Å². The fourth-order valence-corrected chi connectivity index (χ4v) is 3.01. The molecule has 0 bridgehead atoms. The van der Waals surface area contributed by atoms with E-state index in [1.54, 1.807) is 12.3 Å². The summed E-state index contributed by atoms with van der Waals surface area (Å²) in [6.45, 7) is 2.65. The standard InChI is InChI=1S/C16H21ClN6.HI/c1-18-16(20-8-12-3-4-15(17)19-7-12)23-6-5-13(11-23)14-9-21-22(2)10-14;/h3-4,7,9-10,13H,5-6,8,11H2,1-2H3,(H,18,20);1H. The second-order valence-corrected chi connectivity index (χ2v) is 6.16. The average molecular weight is 461 g/mol. The van der Waals surface area contributed by atoms with Crippen LogP contribution in [0.5, 0.6) is 0 Å². The van der Waals surface area contributed by atoms with E-state index in [2.05, 4.69) is 31.5 Å². The van der Waals surface area contributed by atoms with Crippen molar-refractivity contribution < 1.29 is 0 Å². The van der Waals surface area contributed by atoms with E-state index >= 15 is 0 Å². The van der Waals surface area contributed by atoms with Gasteiger partial charge < -0.3 is 10.2 Å². The first kappa shape index (κ1) is 19.0. The summed E-state index contributed by atoms with van der Waals surface area (Å²) in [5, 5.41) is 8.18. The molecule has 3 rings (SSSR count). The second kappa shape index (κ2) is 8.66. The van der Waals surface area contributed by atoms with E-state index in [-0.39, 0.29) is 24.0 Å². The zero-order chi connectivity index (χ0) is 16.2. The SMILES string of the molecule is CN=C(NCc1ccc(Cl)nc1)N1CCC(c2cnn(C)c2)C1.I. The highest BCUT2D eigenvalue weighted by atomic mass is 127. The van der Waals surface area contributed by atoms with Crippen molar-refractivity contribution in [2.75, 3.05) is 20.1 Å². The summed E-state index contributed by atoms with van der Waals surface area (Å²) >= 11 is 5.81. The van der Waals surface area contributed by atoms with Crippen LogP contribution < -0.4 is 5.32 Å². The van der Waals surface area contributed by atoms with Gasteiger partial charge in [0, 0.05) is 52.0 Å². The summed E-state index contributed by atoms with van der Waals surface area (Å²) in [7, 11) is 3.77. The molecule has 1 saturated heterocycles. The van der Waals surface area contributed by atoms with Gasteiger partial charge in [0.25, 0.3) is 0 Å². The van der Waals surface area contributed by atoms with Crippen molar-refractivity contribution in [3.8, 4) is 0 Å². The summed E-state index contributed by atoms with van der Waals surface area (Å²) < 4.78 is 1.86. The lowest BCUT2D eigenvalue weighted by Gasteiger charge is -2.21.